The summed E-state index contributed by atoms with van der Waals surface area (Å²) in [7, 11) is 6.54. The van der Waals surface area contributed by atoms with Crippen molar-refractivity contribution >= 4 is 5.91 Å². The fourth-order valence-electron chi connectivity index (χ4n) is 3.64. The molecule has 0 saturated carbocycles. The van der Waals surface area contributed by atoms with Crippen molar-refractivity contribution in [1.82, 2.24) is 4.90 Å². The third kappa shape index (κ3) is 6.23. The Morgan fingerprint density at radius 3 is 2.06 bits per heavy atom. The number of methoxy groups -OCH3 is 3. The maximum Gasteiger partial charge on any atom is 0.351 e. The molecule has 1 aliphatic heterocycles. The van der Waals surface area contributed by atoms with Gasteiger partial charge in [-0.05, 0) is 17.7 Å². The summed E-state index contributed by atoms with van der Waals surface area (Å²) in [5, 5.41) is 0. The Morgan fingerprint density at radius 1 is 1.00 bits per heavy atom. The van der Waals surface area contributed by atoms with Crippen molar-refractivity contribution in [3.8, 4) is 23.0 Å². The smallest absolute Gasteiger partial charge is 0.351 e. The molecule has 0 spiro atoms. The second kappa shape index (κ2) is 11.7. The Morgan fingerprint density at radius 2 is 1.56 bits per heavy atom. The van der Waals surface area contributed by atoms with E-state index in [0.29, 0.717) is 40.6 Å². The van der Waals surface area contributed by atoms with Crippen LogP contribution in [-0.2, 0) is 11.3 Å². The maximum atomic E-state index is 13.1. The predicted molar refractivity (Wildman–Crippen MR) is 114 cm³/mol. The summed E-state index contributed by atoms with van der Waals surface area (Å²) in [6.45, 7) is 3.65. The molecule has 176 valence electrons. The van der Waals surface area contributed by atoms with Gasteiger partial charge in [0.25, 0.3) is 0 Å². The molecule has 32 heavy (non-hydrogen) atoms. The molecule has 1 fully saturated rings. The number of benzene rings is 2. The highest BCUT2D eigenvalue weighted by molar-refractivity contribution is 5.71. The Bertz CT molecular complexity index is 877. The molecular weight excluding hydrogens is 530 g/mol. The van der Waals surface area contributed by atoms with E-state index in [1.165, 1.54) is 33.5 Å². The van der Waals surface area contributed by atoms with Gasteiger partial charge in [0.1, 0.15) is 11.6 Å². The molecule has 0 unspecified atom stereocenters. The lowest BCUT2D eigenvalue weighted by Crippen LogP contribution is -3.00. The summed E-state index contributed by atoms with van der Waals surface area (Å²) in [6, 6.07) is 9.90. The Hall–Kier alpha value is -2.11. The number of carbonyl (C=O) groups is 1. The number of carbonyl (C=O) groups excluding carboxylic acids is 1. The third-order valence-electron chi connectivity index (χ3n) is 5.74. The molecule has 0 bridgehead atoms. The summed E-state index contributed by atoms with van der Waals surface area (Å²) in [6.07, 6.45) is 0. The highest BCUT2D eigenvalue weighted by Crippen LogP contribution is 2.40. The van der Waals surface area contributed by atoms with Gasteiger partial charge in [-0.2, -0.15) is 0 Å². The molecule has 7 nitrogen and oxygen atoms in total. The third-order valence-corrected chi connectivity index (χ3v) is 5.74. The van der Waals surface area contributed by atoms with Gasteiger partial charge >= 0.3 is 5.91 Å². The standard InChI is InChI=1S/C23H30FN2O5.HI/c1-26(11-9-25(10-12-26)15-17-5-7-18(24)8-6-17)22(27)16-31-19-13-20(28-2)23(30-4)21(14-19)29-3;/h5-8,13-14H,9-12,15-16H2,1-4H3;1H/q+1;/p-1. The number of hydrogen-bond donors (Lipinski definition) is 0. The second-order valence-corrected chi connectivity index (χ2v) is 7.79. The van der Waals surface area contributed by atoms with Crippen LogP contribution < -0.4 is 42.9 Å². The molecule has 0 atom stereocenters. The number of amides is 1. The molecule has 9 heteroatoms. The van der Waals surface area contributed by atoms with Crippen LogP contribution >= 0.6 is 0 Å². The molecule has 1 heterocycles. The van der Waals surface area contributed by atoms with Gasteiger partial charge in [0.2, 0.25) is 12.4 Å². The first-order valence-corrected chi connectivity index (χ1v) is 10.2. The van der Waals surface area contributed by atoms with Gasteiger partial charge in [-0.3, -0.25) is 9.38 Å². The SMILES string of the molecule is COc1cc(OCC(=O)[N+]2(C)CCN(Cc3ccc(F)cc3)CC2)cc(OC)c1OC.[I-]. The van der Waals surface area contributed by atoms with Crippen LogP contribution in [-0.4, -0.2) is 76.5 Å². The van der Waals surface area contributed by atoms with Gasteiger partial charge in [-0.25, -0.2) is 9.18 Å². The quantitative estimate of drug-likeness (QED) is 0.328. The van der Waals surface area contributed by atoms with Crippen LogP contribution in [0.3, 0.4) is 0 Å². The summed E-state index contributed by atoms with van der Waals surface area (Å²) in [4.78, 5) is 15.2. The molecule has 2 aromatic rings. The van der Waals surface area contributed by atoms with Crippen LogP contribution in [0.5, 0.6) is 23.0 Å². The molecule has 2 aromatic carbocycles. The van der Waals surface area contributed by atoms with E-state index in [-0.39, 0.29) is 42.3 Å². The zero-order valence-corrected chi connectivity index (χ0v) is 21.1. The van der Waals surface area contributed by atoms with Gasteiger partial charge in [-0.1, -0.05) is 12.1 Å². The maximum absolute atomic E-state index is 13.1. The van der Waals surface area contributed by atoms with Crippen molar-refractivity contribution in [2.24, 2.45) is 0 Å². The van der Waals surface area contributed by atoms with Gasteiger partial charge in [0, 0.05) is 31.8 Å². The predicted octanol–water partition coefficient (Wildman–Crippen LogP) is -0.277. The van der Waals surface area contributed by atoms with Crippen molar-refractivity contribution in [3.05, 3.63) is 47.8 Å². The summed E-state index contributed by atoms with van der Waals surface area (Å²) in [5.41, 5.74) is 1.06. The lowest BCUT2D eigenvalue weighted by molar-refractivity contribution is -0.840. The number of quaternary nitrogens is 1. The molecular formula is C23H30FIN2O5. The topological polar surface area (TPSA) is 57.2 Å². The van der Waals surface area contributed by atoms with Gasteiger partial charge in [0.05, 0.1) is 41.5 Å². The van der Waals surface area contributed by atoms with E-state index in [1.54, 1.807) is 24.3 Å². The number of hydrogen-bond acceptors (Lipinski definition) is 6. The summed E-state index contributed by atoms with van der Waals surface area (Å²) in [5.74, 6) is 1.67. The van der Waals surface area contributed by atoms with Gasteiger partial charge in [0.15, 0.2) is 11.5 Å². The van der Waals surface area contributed by atoms with E-state index in [2.05, 4.69) is 4.90 Å². The number of rotatable bonds is 8. The molecule has 1 saturated heterocycles. The van der Waals surface area contributed by atoms with Crippen LogP contribution in [0, 0.1) is 5.82 Å². The van der Waals surface area contributed by atoms with E-state index in [9.17, 15) is 9.18 Å². The van der Waals surface area contributed by atoms with Crippen molar-refractivity contribution in [3.63, 3.8) is 0 Å². The Balaban J connectivity index is 0.00000363. The minimum absolute atomic E-state index is 0. The van der Waals surface area contributed by atoms with Crippen LogP contribution in [0.2, 0.25) is 0 Å². The molecule has 1 amide bonds. The van der Waals surface area contributed by atoms with E-state index in [0.717, 1.165) is 25.2 Å². The zero-order valence-electron chi connectivity index (χ0n) is 18.9. The fourth-order valence-corrected chi connectivity index (χ4v) is 3.64. The highest BCUT2D eigenvalue weighted by atomic mass is 127. The molecule has 1 aliphatic rings. The second-order valence-electron chi connectivity index (χ2n) is 7.79. The van der Waals surface area contributed by atoms with Crippen LogP contribution in [0.15, 0.2) is 36.4 Å². The first-order valence-electron chi connectivity index (χ1n) is 10.2. The number of piperazine rings is 1. The average Bonchev–Trinajstić information content (AvgIpc) is 2.79. The van der Waals surface area contributed by atoms with Gasteiger partial charge < -0.3 is 42.9 Å². The van der Waals surface area contributed by atoms with Crippen molar-refractivity contribution in [2.45, 2.75) is 6.54 Å². The monoisotopic (exact) mass is 560 g/mol. The Kier molecular flexibility index (Phi) is 9.53. The minimum Gasteiger partial charge on any atom is -1.00 e. The molecule has 0 aromatic heterocycles. The largest absolute Gasteiger partial charge is 1.00 e. The number of nitrogens with zero attached hydrogens (tertiary/aromatic N) is 2. The van der Waals surface area contributed by atoms with Crippen LogP contribution in [0.4, 0.5) is 4.39 Å². The van der Waals surface area contributed by atoms with Crippen molar-refractivity contribution in [1.29, 1.82) is 0 Å². The molecule has 3 rings (SSSR count). The van der Waals surface area contributed by atoms with E-state index >= 15 is 0 Å². The Labute approximate surface area is 205 Å². The first kappa shape index (κ1) is 26.1. The number of likely N-dealkylation sites (N-methyl/N-ethyl adjacent to an activating group) is 1. The van der Waals surface area contributed by atoms with Crippen LogP contribution in [0.1, 0.15) is 5.56 Å². The lowest BCUT2D eigenvalue weighted by atomic mass is 10.2. The average molecular weight is 560 g/mol. The number of ether oxygens (including phenoxy) is 4. The van der Waals surface area contributed by atoms with Crippen LogP contribution in [0.25, 0.3) is 0 Å². The van der Waals surface area contributed by atoms with Crippen molar-refractivity contribution in [2.75, 3.05) is 61.2 Å². The van der Waals surface area contributed by atoms with E-state index in [4.69, 9.17) is 18.9 Å². The minimum atomic E-state index is -0.232. The van der Waals surface area contributed by atoms with Crippen molar-refractivity contribution < 1.29 is 56.6 Å². The summed E-state index contributed by atoms with van der Waals surface area (Å²) < 4.78 is 35.1. The summed E-state index contributed by atoms with van der Waals surface area (Å²) >= 11 is 0. The molecule has 0 N–H and O–H groups in total. The zero-order chi connectivity index (χ0) is 22.4. The molecule has 0 radical (unpaired) electrons. The normalized spacial score (nSPS) is 15.4. The van der Waals surface area contributed by atoms with E-state index < -0.39 is 0 Å². The number of halogens is 2. The first-order chi connectivity index (χ1) is 14.9. The fraction of sp³-hybridized carbons (Fsp3) is 0.435. The van der Waals surface area contributed by atoms with E-state index in [1.807, 2.05) is 7.05 Å². The highest BCUT2D eigenvalue weighted by Gasteiger charge is 2.36. The lowest BCUT2D eigenvalue weighted by Gasteiger charge is -2.39. The van der Waals surface area contributed by atoms with Gasteiger partial charge in [-0.15, -0.1) is 0 Å². The molecule has 0 aliphatic carbocycles.